The van der Waals surface area contributed by atoms with Crippen molar-refractivity contribution in [2.45, 2.75) is 26.7 Å². The molecule has 0 bridgehead atoms. The van der Waals surface area contributed by atoms with Crippen LogP contribution >= 0.6 is 11.6 Å². The highest BCUT2D eigenvalue weighted by Crippen LogP contribution is 2.36. The van der Waals surface area contributed by atoms with Gasteiger partial charge < -0.3 is 0 Å². The van der Waals surface area contributed by atoms with Gasteiger partial charge in [0, 0.05) is 11.8 Å². The van der Waals surface area contributed by atoms with Gasteiger partial charge in [0.25, 0.3) is 0 Å². The Balaban J connectivity index is 2.84. The molecule has 2 aromatic rings. The maximum atomic E-state index is 9.38. The molecule has 0 N–H and O–H groups in total. The molecule has 0 saturated heterocycles. The molecule has 1 aromatic heterocycles. The third kappa shape index (κ3) is 2.47. The molecule has 1 heterocycles. The average Bonchev–Trinajstić information content (AvgIpc) is 2.38. The van der Waals surface area contributed by atoms with Gasteiger partial charge >= 0.3 is 0 Å². The molecule has 0 radical (unpaired) electrons. The molecule has 0 saturated carbocycles. The molecule has 96 valence electrons. The molecule has 1 aromatic carbocycles. The molecule has 0 atom stereocenters. The summed E-state index contributed by atoms with van der Waals surface area (Å²) in [5, 5.41) is 9.65. The summed E-state index contributed by atoms with van der Waals surface area (Å²) in [5.74, 6) is 0.284. The lowest BCUT2D eigenvalue weighted by Crippen LogP contribution is -2.00. The summed E-state index contributed by atoms with van der Waals surface area (Å²) in [6.07, 6.45) is 1.77. The lowest BCUT2D eigenvalue weighted by Gasteiger charge is -2.16. The molecule has 0 fully saturated rings. The van der Waals surface area contributed by atoms with Crippen molar-refractivity contribution in [2.24, 2.45) is 0 Å². The van der Waals surface area contributed by atoms with Gasteiger partial charge in [0.15, 0.2) is 0 Å². The van der Waals surface area contributed by atoms with Gasteiger partial charge in [-0.2, -0.15) is 5.26 Å². The second-order valence-electron chi connectivity index (χ2n) is 4.84. The predicted molar refractivity (Wildman–Crippen MR) is 78.2 cm³/mol. The van der Waals surface area contributed by atoms with Gasteiger partial charge in [-0.1, -0.05) is 49.7 Å². The highest BCUT2D eigenvalue weighted by molar-refractivity contribution is 6.31. The van der Waals surface area contributed by atoms with Gasteiger partial charge in [0.2, 0.25) is 0 Å². The summed E-state index contributed by atoms with van der Waals surface area (Å²) in [7, 11) is 0. The summed E-state index contributed by atoms with van der Waals surface area (Å²) < 4.78 is 0. The number of hydrogen-bond donors (Lipinski definition) is 0. The van der Waals surface area contributed by atoms with E-state index in [0.29, 0.717) is 5.56 Å². The van der Waals surface area contributed by atoms with Crippen LogP contribution in [0, 0.1) is 18.3 Å². The smallest absolute Gasteiger partial charge is 0.147 e. The lowest BCUT2D eigenvalue weighted by molar-refractivity contribution is 0.859. The van der Waals surface area contributed by atoms with E-state index >= 15 is 0 Å². The van der Waals surface area contributed by atoms with Crippen LogP contribution < -0.4 is 0 Å². The van der Waals surface area contributed by atoms with Gasteiger partial charge in [-0.3, -0.25) is 0 Å². The summed E-state index contributed by atoms with van der Waals surface area (Å²) in [6, 6.07) is 10.2. The zero-order chi connectivity index (χ0) is 14.0. The van der Waals surface area contributed by atoms with Crippen molar-refractivity contribution in [3.8, 4) is 17.2 Å². The fraction of sp³-hybridized carbons (Fsp3) is 0.250. The van der Waals surface area contributed by atoms with Crippen LogP contribution in [0.5, 0.6) is 0 Å². The standard InChI is InChI=1S/C16H15ClN2/c1-10(2)14-9-19-16(17)13(8-18)15(14)12-7-5-4-6-11(12)3/h4-7,9-10H,1-3H3. The van der Waals surface area contributed by atoms with Gasteiger partial charge in [-0.15, -0.1) is 0 Å². The number of rotatable bonds is 2. The molecule has 0 amide bonds. The van der Waals surface area contributed by atoms with E-state index in [1.165, 1.54) is 0 Å². The first-order valence-electron chi connectivity index (χ1n) is 6.20. The van der Waals surface area contributed by atoms with E-state index < -0.39 is 0 Å². The van der Waals surface area contributed by atoms with E-state index in [4.69, 9.17) is 11.6 Å². The first-order valence-corrected chi connectivity index (χ1v) is 6.58. The van der Waals surface area contributed by atoms with Crippen LogP contribution in [0.25, 0.3) is 11.1 Å². The highest BCUT2D eigenvalue weighted by Gasteiger charge is 2.18. The molecule has 0 aliphatic carbocycles. The van der Waals surface area contributed by atoms with Crippen LogP contribution in [0.4, 0.5) is 0 Å². The fourth-order valence-corrected chi connectivity index (χ4v) is 2.37. The van der Waals surface area contributed by atoms with Crippen molar-refractivity contribution in [3.63, 3.8) is 0 Å². The average molecular weight is 271 g/mol. The molecule has 3 heteroatoms. The van der Waals surface area contributed by atoms with Crippen LogP contribution in [-0.4, -0.2) is 4.98 Å². The Morgan fingerprint density at radius 1 is 1.26 bits per heavy atom. The minimum Gasteiger partial charge on any atom is -0.243 e. The zero-order valence-electron chi connectivity index (χ0n) is 11.2. The minimum atomic E-state index is 0.269. The first-order chi connectivity index (χ1) is 9.06. The van der Waals surface area contributed by atoms with Crippen molar-refractivity contribution in [2.75, 3.05) is 0 Å². The molecule has 0 aliphatic heterocycles. The Bertz CT molecular complexity index is 654. The van der Waals surface area contributed by atoms with Crippen LogP contribution in [0.3, 0.4) is 0 Å². The van der Waals surface area contributed by atoms with Gasteiger partial charge in [-0.05, 0) is 29.5 Å². The zero-order valence-corrected chi connectivity index (χ0v) is 12.0. The van der Waals surface area contributed by atoms with Crippen molar-refractivity contribution in [1.82, 2.24) is 4.98 Å². The third-order valence-electron chi connectivity index (χ3n) is 3.21. The Hall–Kier alpha value is -1.85. The summed E-state index contributed by atoms with van der Waals surface area (Å²) in [6.45, 7) is 6.22. The number of benzene rings is 1. The maximum Gasteiger partial charge on any atom is 0.147 e. The van der Waals surface area contributed by atoms with Crippen molar-refractivity contribution in [1.29, 1.82) is 5.26 Å². The van der Waals surface area contributed by atoms with Crippen LogP contribution in [0.2, 0.25) is 5.15 Å². The first kappa shape index (κ1) is 13.6. The minimum absolute atomic E-state index is 0.269. The lowest BCUT2D eigenvalue weighted by atomic mass is 9.89. The van der Waals surface area contributed by atoms with Crippen molar-refractivity contribution in [3.05, 3.63) is 52.3 Å². The van der Waals surface area contributed by atoms with E-state index in [9.17, 15) is 5.26 Å². The van der Waals surface area contributed by atoms with Crippen LogP contribution in [0.15, 0.2) is 30.5 Å². The molecular weight excluding hydrogens is 256 g/mol. The quantitative estimate of drug-likeness (QED) is 0.741. The van der Waals surface area contributed by atoms with Crippen molar-refractivity contribution >= 4 is 11.6 Å². The Labute approximate surface area is 118 Å². The van der Waals surface area contributed by atoms with Crippen LogP contribution in [0.1, 0.15) is 36.5 Å². The molecule has 0 aliphatic rings. The molecule has 0 unspecified atom stereocenters. The third-order valence-corrected chi connectivity index (χ3v) is 3.50. The van der Waals surface area contributed by atoms with Gasteiger partial charge in [0.05, 0.1) is 5.56 Å². The molecule has 0 spiro atoms. The van der Waals surface area contributed by atoms with Crippen molar-refractivity contribution < 1.29 is 0 Å². The number of pyridine rings is 1. The largest absolute Gasteiger partial charge is 0.243 e. The molecule has 2 rings (SSSR count). The monoisotopic (exact) mass is 270 g/mol. The van der Waals surface area contributed by atoms with E-state index in [-0.39, 0.29) is 11.1 Å². The van der Waals surface area contributed by atoms with Gasteiger partial charge in [0.1, 0.15) is 11.2 Å². The number of hydrogen-bond acceptors (Lipinski definition) is 2. The van der Waals surface area contributed by atoms with Crippen LogP contribution in [-0.2, 0) is 0 Å². The van der Waals surface area contributed by atoms with E-state index in [2.05, 4.69) is 24.9 Å². The van der Waals surface area contributed by atoms with E-state index in [0.717, 1.165) is 22.3 Å². The highest BCUT2D eigenvalue weighted by atomic mass is 35.5. The summed E-state index contributed by atoms with van der Waals surface area (Å²) >= 11 is 6.07. The second-order valence-corrected chi connectivity index (χ2v) is 5.19. The number of aryl methyl sites for hydroxylation is 1. The molecular formula is C16H15ClN2. The Morgan fingerprint density at radius 3 is 2.53 bits per heavy atom. The number of aromatic nitrogens is 1. The number of nitrogens with zero attached hydrogens (tertiary/aromatic N) is 2. The summed E-state index contributed by atoms with van der Waals surface area (Å²) in [5.41, 5.74) is 4.60. The molecule has 19 heavy (non-hydrogen) atoms. The Kier molecular flexibility index (Phi) is 3.87. The fourth-order valence-electron chi connectivity index (χ4n) is 2.19. The number of nitriles is 1. The normalized spacial score (nSPS) is 10.5. The van der Waals surface area contributed by atoms with E-state index in [1.54, 1.807) is 6.20 Å². The maximum absolute atomic E-state index is 9.38. The Morgan fingerprint density at radius 2 is 1.95 bits per heavy atom. The van der Waals surface area contributed by atoms with E-state index in [1.807, 2.05) is 31.2 Å². The SMILES string of the molecule is Cc1ccccc1-c1c(C(C)C)cnc(Cl)c1C#N. The second kappa shape index (κ2) is 5.42. The topological polar surface area (TPSA) is 36.7 Å². The summed E-state index contributed by atoms with van der Waals surface area (Å²) in [4.78, 5) is 4.13. The number of halogens is 1. The predicted octanol–water partition coefficient (Wildman–Crippen LogP) is 4.71. The van der Waals surface area contributed by atoms with Gasteiger partial charge in [-0.25, -0.2) is 4.98 Å². The molecule has 2 nitrogen and oxygen atoms in total.